The van der Waals surface area contributed by atoms with Gasteiger partial charge in [-0.1, -0.05) is 18.5 Å². The third-order valence-corrected chi connectivity index (χ3v) is 3.36. The second-order valence-electron chi connectivity index (χ2n) is 3.32. The number of hydrogen-bond donors (Lipinski definition) is 1. The molecule has 0 aromatic carbocycles. The predicted molar refractivity (Wildman–Crippen MR) is 68.7 cm³/mol. The van der Waals surface area contributed by atoms with Crippen molar-refractivity contribution in [2.24, 2.45) is 0 Å². The van der Waals surface area contributed by atoms with Crippen molar-refractivity contribution in [3.05, 3.63) is 39.2 Å². The standard InChI is InChI=1S/C11H10ClN3OS/c1-2-7-5-6-17-10(7)11(16)13-9-4-3-8(12)14-15-9/h3-6H,2H2,1H3,(H,13,15,16). The number of hydrogen-bond acceptors (Lipinski definition) is 4. The number of thiophene rings is 1. The molecule has 0 unspecified atom stereocenters. The Morgan fingerprint density at radius 1 is 1.41 bits per heavy atom. The van der Waals surface area contributed by atoms with E-state index in [0.717, 1.165) is 12.0 Å². The van der Waals surface area contributed by atoms with Gasteiger partial charge in [-0.3, -0.25) is 4.79 Å². The Kier molecular flexibility index (Phi) is 3.71. The number of aryl methyl sites for hydroxylation is 1. The first-order valence-corrected chi connectivity index (χ1v) is 6.33. The summed E-state index contributed by atoms with van der Waals surface area (Å²) in [5.74, 6) is 0.239. The Bertz CT molecular complexity index is 524. The fraction of sp³-hybridized carbons (Fsp3) is 0.182. The number of carbonyl (C=O) groups excluding carboxylic acids is 1. The van der Waals surface area contributed by atoms with Crippen molar-refractivity contribution in [2.45, 2.75) is 13.3 Å². The van der Waals surface area contributed by atoms with Gasteiger partial charge in [0.15, 0.2) is 11.0 Å². The maximum absolute atomic E-state index is 11.9. The summed E-state index contributed by atoms with van der Waals surface area (Å²) in [5.41, 5.74) is 1.04. The molecule has 0 bridgehead atoms. The summed E-state index contributed by atoms with van der Waals surface area (Å²) < 4.78 is 0. The minimum Gasteiger partial charge on any atom is -0.304 e. The third kappa shape index (κ3) is 2.81. The molecule has 0 saturated heterocycles. The number of nitrogens with one attached hydrogen (secondary N) is 1. The van der Waals surface area contributed by atoms with E-state index in [0.29, 0.717) is 15.8 Å². The van der Waals surface area contributed by atoms with E-state index in [1.807, 2.05) is 18.4 Å². The summed E-state index contributed by atoms with van der Waals surface area (Å²) in [6.07, 6.45) is 0.832. The molecule has 0 aliphatic heterocycles. The Hall–Kier alpha value is -1.46. The second-order valence-corrected chi connectivity index (χ2v) is 4.63. The molecule has 2 rings (SSSR count). The van der Waals surface area contributed by atoms with Crippen molar-refractivity contribution in [1.29, 1.82) is 0 Å². The fourth-order valence-corrected chi connectivity index (χ4v) is 2.36. The van der Waals surface area contributed by atoms with E-state index in [1.54, 1.807) is 12.1 Å². The van der Waals surface area contributed by atoms with Gasteiger partial charge < -0.3 is 5.32 Å². The van der Waals surface area contributed by atoms with E-state index >= 15 is 0 Å². The molecule has 0 aliphatic carbocycles. The summed E-state index contributed by atoms with van der Waals surface area (Å²) in [4.78, 5) is 12.7. The highest BCUT2D eigenvalue weighted by Gasteiger charge is 2.12. The zero-order chi connectivity index (χ0) is 12.3. The van der Waals surface area contributed by atoms with Crippen molar-refractivity contribution in [1.82, 2.24) is 10.2 Å². The number of halogens is 1. The Balaban J connectivity index is 2.14. The largest absolute Gasteiger partial charge is 0.304 e. The summed E-state index contributed by atoms with van der Waals surface area (Å²) in [7, 11) is 0. The quantitative estimate of drug-likeness (QED) is 0.930. The van der Waals surface area contributed by atoms with Crippen molar-refractivity contribution >= 4 is 34.7 Å². The molecule has 2 heterocycles. The van der Waals surface area contributed by atoms with Crippen LogP contribution in [0.2, 0.25) is 5.15 Å². The molecule has 17 heavy (non-hydrogen) atoms. The summed E-state index contributed by atoms with van der Waals surface area (Å²) in [5, 5.41) is 12.3. The first-order chi connectivity index (χ1) is 8.20. The molecule has 0 spiro atoms. The lowest BCUT2D eigenvalue weighted by Crippen LogP contribution is -2.13. The van der Waals surface area contributed by atoms with E-state index < -0.39 is 0 Å². The maximum atomic E-state index is 11.9. The molecule has 1 amide bonds. The molecular weight excluding hydrogens is 258 g/mol. The smallest absolute Gasteiger partial charge is 0.267 e. The zero-order valence-corrected chi connectivity index (χ0v) is 10.7. The van der Waals surface area contributed by atoms with E-state index in [4.69, 9.17) is 11.6 Å². The van der Waals surface area contributed by atoms with Gasteiger partial charge >= 0.3 is 0 Å². The number of nitrogens with zero attached hydrogens (tertiary/aromatic N) is 2. The molecule has 0 fully saturated rings. The minimum absolute atomic E-state index is 0.159. The first-order valence-electron chi connectivity index (χ1n) is 5.07. The second kappa shape index (κ2) is 5.25. The van der Waals surface area contributed by atoms with Crippen LogP contribution in [0.5, 0.6) is 0 Å². The van der Waals surface area contributed by atoms with Crippen LogP contribution < -0.4 is 5.32 Å². The maximum Gasteiger partial charge on any atom is 0.267 e. The van der Waals surface area contributed by atoms with Gasteiger partial charge in [0, 0.05) is 0 Å². The van der Waals surface area contributed by atoms with Crippen molar-refractivity contribution in [2.75, 3.05) is 5.32 Å². The van der Waals surface area contributed by atoms with Gasteiger partial charge in [0.1, 0.15) is 0 Å². The lowest BCUT2D eigenvalue weighted by Gasteiger charge is -2.03. The lowest BCUT2D eigenvalue weighted by molar-refractivity contribution is 0.102. The molecule has 2 aromatic rings. The number of amides is 1. The van der Waals surface area contributed by atoms with Gasteiger partial charge in [-0.25, -0.2) is 0 Å². The third-order valence-electron chi connectivity index (χ3n) is 2.21. The van der Waals surface area contributed by atoms with Crippen molar-refractivity contribution < 1.29 is 4.79 Å². The minimum atomic E-state index is -0.159. The molecule has 0 saturated carbocycles. The van der Waals surface area contributed by atoms with Gasteiger partial charge in [0.25, 0.3) is 5.91 Å². The number of carbonyl (C=O) groups is 1. The highest BCUT2D eigenvalue weighted by atomic mass is 35.5. The van der Waals surface area contributed by atoms with Gasteiger partial charge in [0.2, 0.25) is 0 Å². The average Bonchev–Trinajstić information content (AvgIpc) is 2.80. The van der Waals surface area contributed by atoms with Crippen LogP contribution in [0.4, 0.5) is 5.82 Å². The molecule has 4 nitrogen and oxygen atoms in total. The Morgan fingerprint density at radius 3 is 2.88 bits per heavy atom. The molecular formula is C11H10ClN3OS. The summed E-state index contributed by atoms with van der Waals surface area (Å²) in [6, 6.07) is 5.15. The molecule has 6 heteroatoms. The van der Waals surface area contributed by atoms with Crippen molar-refractivity contribution in [3.63, 3.8) is 0 Å². The summed E-state index contributed by atoms with van der Waals surface area (Å²) in [6.45, 7) is 2.01. The van der Waals surface area contributed by atoms with E-state index in [2.05, 4.69) is 15.5 Å². The molecule has 2 aromatic heterocycles. The monoisotopic (exact) mass is 267 g/mol. The predicted octanol–water partition coefficient (Wildman–Crippen LogP) is 3.01. The lowest BCUT2D eigenvalue weighted by atomic mass is 10.2. The normalized spacial score (nSPS) is 10.2. The Morgan fingerprint density at radius 2 is 2.24 bits per heavy atom. The van der Waals surface area contributed by atoms with Crippen LogP contribution in [0, 0.1) is 0 Å². The van der Waals surface area contributed by atoms with Crippen LogP contribution >= 0.6 is 22.9 Å². The van der Waals surface area contributed by atoms with Gasteiger partial charge in [-0.15, -0.1) is 21.5 Å². The van der Waals surface area contributed by atoms with Crippen LogP contribution in [-0.2, 0) is 6.42 Å². The number of anilines is 1. The molecule has 1 N–H and O–H groups in total. The van der Waals surface area contributed by atoms with Crippen LogP contribution in [0.15, 0.2) is 23.6 Å². The number of rotatable bonds is 3. The molecule has 0 aliphatic rings. The van der Waals surface area contributed by atoms with Gasteiger partial charge in [0.05, 0.1) is 4.88 Å². The van der Waals surface area contributed by atoms with Gasteiger partial charge in [-0.05, 0) is 35.6 Å². The molecule has 88 valence electrons. The van der Waals surface area contributed by atoms with E-state index in [9.17, 15) is 4.79 Å². The summed E-state index contributed by atoms with van der Waals surface area (Å²) >= 11 is 7.03. The number of aromatic nitrogens is 2. The molecule has 0 atom stereocenters. The fourth-order valence-electron chi connectivity index (χ4n) is 1.37. The van der Waals surface area contributed by atoms with Crippen LogP contribution in [-0.4, -0.2) is 16.1 Å². The van der Waals surface area contributed by atoms with Crippen molar-refractivity contribution in [3.8, 4) is 0 Å². The van der Waals surface area contributed by atoms with Crippen LogP contribution in [0.1, 0.15) is 22.2 Å². The first kappa shape index (κ1) is 12.0. The van der Waals surface area contributed by atoms with Gasteiger partial charge in [-0.2, -0.15) is 0 Å². The van der Waals surface area contributed by atoms with Crippen LogP contribution in [0.25, 0.3) is 0 Å². The topological polar surface area (TPSA) is 54.9 Å². The van der Waals surface area contributed by atoms with E-state index in [-0.39, 0.29) is 5.91 Å². The van der Waals surface area contributed by atoms with Crippen LogP contribution in [0.3, 0.4) is 0 Å². The van der Waals surface area contributed by atoms with E-state index in [1.165, 1.54) is 11.3 Å². The highest BCUT2D eigenvalue weighted by molar-refractivity contribution is 7.12. The molecule has 0 radical (unpaired) electrons. The average molecular weight is 268 g/mol. The zero-order valence-electron chi connectivity index (χ0n) is 9.11. The highest BCUT2D eigenvalue weighted by Crippen LogP contribution is 2.18. The Labute approximate surface area is 108 Å². The SMILES string of the molecule is CCc1ccsc1C(=O)Nc1ccc(Cl)nn1.